The Labute approximate surface area is 159 Å². The topological polar surface area (TPSA) is 215 Å². The Morgan fingerprint density at radius 2 is 1.92 bits per heavy atom. The van der Waals surface area contributed by atoms with E-state index in [4.69, 9.17) is 20.3 Å². The number of aliphatic hydroxyl groups excluding tert-OH is 2. The van der Waals surface area contributed by atoms with Gasteiger partial charge in [-0.3, -0.25) is 13.7 Å². The lowest BCUT2D eigenvalue weighted by atomic mass is 10.1. The zero-order valence-corrected chi connectivity index (χ0v) is 16.8. The van der Waals surface area contributed by atoms with Gasteiger partial charge in [-0.25, -0.2) is 4.79 Å². The third-order valence-corrected chi connectivity index (χ3v) is 7.64. The summed E-state index contributed by atoms with van der Waals surface area (Å²) in [6, 6.07) is 0. The highest BCUT2D eigenvalue weighted by molar-refractivity contribution is 14.1. The van der Waals surface area contributed by atoms with E-state index < -0.39 is 57.9 Å². The van der Waals surface area contributed by atoms with Crippen molar-refractivity contribution in [1.82, 2.24) is 9.55 Å². The number of rotatable bonds is 6. The van der Waals surface area contributed by atoms with Crippen molar-refractivity contribution in [3.63, 3.8) is 0 Å². The van der Waals surface area contributed by atoms with Crippen LogP contribution < -0.4 is 11.4 Å². The summed E-state index contributed by atoms with van der Waals surface area (Å²) in [7, 11) is -9.47. The number of anilines is 1. The van der Waals surface area contributed by atoms with Crippen molar-refractivity contribution >= 4 is 43.6 Å². The maximum absolute atomic E-state index is 11.9. The van der Waals surface area contributed by atoms with Gasteiger partial charge in [0.2, 0.25) is 0 Å². The summed E-state index contributed by atoms with van der Waals surface area (Å²) >= 11 is 1.79. The minimum atomic E-state index is -4.81. The van der Waals surface area contributed by atoms with Crippen molar-refractivity contribution in [2.24, 2.45) is 0 Å². The van der Waals surface area contributed by atoms with Crippen LogP contribution >= 0.6 is 37.8 Å². The number of aliphatic hydroxyl groups is 2. The summed E-state index contributed by atoms with van der Waals surface area (Å²) in [6.07, 6.45) is -4.65. The number of halogens is 1. The SMILES string of the molecule is Nc1nc(=O)n([C@@H]2O[C@H](COP(=O)(O)CP(=O)(O)O)C(O)C2O)cc1I. The molecule has 1 aromatic rings. The smallest absolute Gasteiger partial charge is 0.351 e. The van der Waals surface area contributed by atoms with Crippen LogP contribution in [0.15, 0.2) is 11.0 Å². The molecule has 2 rings (SSSR count). The van der Waals surface area contributed by atoms with Crippen LogP contribution in [0.2, 0.25) is 0 Å². The standard InChI is InChI=1S/C10H16IN3O10P2/c11-4-1-14(10(17)13-8(4)12)9-7(16)6(15)5(24-9)2-23-26(21,22)3-25(18,19)20/h1,5-7,9,15-16H,2-3H2,(H,21,22)(H2,12,13,17)(H2,18,19,20)/t5-,6?,7?,9-/m1/s1. The molecule has 26 heavy (non-hydrogen) atoms. The molecule has 3 unspecified atom stereocenters. The number of ether oxygens (including phenoxy) is 1. The second kappa shape index (κ2) is 7.91. The van der Waals surface area contributed by atoms with Crippen LogP contribution in [0.3, 0.4) is 0 Å². The van der Waals surface area contributed by atoms with E-state index in [1.807, 2.05) is 0 Å². The van der Waals surface area contributed by atoms with Crippen molar-refractivity contribution in [3.05, 3.63) is 20.3 Å². The van der Waals surface area contributed by atoms with Crippen LogP contribution in [-0.4, -0.2) is 65.3 Å². The molecule has 5 atom stereocenters. The van der Waals surface area contributed by atoms with E-state index in [1.165, 1.54) is 6.20 Å². The van der Waals surface area contributed by atoms with Crippen LogP contribution in [0.4, 0.5) is 5.82 Å². The van der Waals surface area contributed by atoms with Gasteiger partial charge < -0.3 is 39.9 Å². The zero-order valence-electron chi connectivity index (χ0n) is 12.8. The Morgan fingerprint density at radius 1 is 1.31 bits per heavy atom. The fraction of sp³-hybridized carbons (Fsp3) is 0.600. The molecule has 0 radical (unpaired) electrons. The van der Waals surface area contributed by atoms with E-state index in [0.29, 0.717) is 3.57 Å². The molecule has 0 aromatic carbocycles. The molecule has 0 bridgehead atoms. The normalized spacial score (nSPS) is 28.8. The molecular formula is C10H16IN3O10P2. The van der Waals surface area contributed by atoms with Gasteiger partial charge in [0.1, 0.15) is 24.1 Å². The highest BCUT2D eigenvalue weighted by Gasteiger charge is 2.45. The summed E-state index contributed by atoms with van der Waals surface area (Å²) < 4.78 is 33.6. The van der Waals surface area contributed by atoms with E-state index in [0.717, 1.165) is 4.57 Å². The Bertz CT molecular complexity index is 828. The molecule has 13 nitrogen and oxygen atoms in total. The first kappa shape index (κ1) is 21.9. The van der Waals surface area contributed by atoms with Crippen molar-refractivity contribution in [1.29, 1.82) is 0 Å². The number of aromatic nitrogens is 2. The Kier molecular flexibility index (Phi) is 6.66. The molecule has 1 saturated heterocycles. The van der Waals surface area contributed by atoms with Crippen LogP contribution in [0, 0.1) is 3.57 Å². The molecule has 2 heterocycles. The maximum Gasteiger partial charge on any atom is 0.351 e. The lowest BCUT2D eigenvalue weighted by Gasteiger charge is -2.18. The van der Waals surface area contributed by atoms with Gasteiger partial charge in [-0.1, -0.05) is 0 Å². The molecule has 0 amide bonds. The highest BCUT2D eigenvalue weighted by atomic mass is 127. The maximum atomic E-state index is 11.9. The predicted octanol–water partition coefficient (Wildman–Crippen LogP) is -1.61. The Morgan fingerprint density at radius 3 is 2.50 bits per heavy atom. The minimum Gasteiger partial charge on any atom is -0.387 e. The average molecular weight is 527 g/mol. The predicted molar refractivity (Wildman–Crippen MR) is 94.2 cm³/mol. The van der Waals surface area contributed by atoms with Gasteiger partial charge in [0.15, 0.2) is 12.1 Å². The van der Waals surface area contributed by atoms with Gasteiger partial charge in [0.25, 0.3) is 0 Å². The minimum absolute atomic E-state index is 0.0292. The first-order valence-electron chi connectivity index (χ1n) is 6.87. The molecular weight excluding hydrogens is 511 g/mol. The molecule has 0 spiro atoms. The second-order valence-corrected chi connectivity index (χ2v) is 10.6. The molecule has 0 aliphatic carbocycles. The van der Waals surface area contributed by atoms with Crippen LogP contribution in [-0.2, 0) is 18.4 Å². The molecule has 7 N–H and O–H groups in total. The molecule has 0 saturated carbocycles. The van der Waals surface area contributed by atoms with E-state index in [9.17, 15) is 29.0 Å². The quantitative estimate of drug-likeness (QED) is 0.182. The summed E-state index contributed by atoms with van der Waals surface area (Å²) in [6.45, 7) is -0.753. The number of nitrogens with zero attached hydrogens (tertiary/aromatic N) is 2. The van der Waals surface area contributed by atoms with Crippen LogP contribution in [0.25, 0.3) is 0 Å². The highest BCUT2D eigenvalue weighted by Crippen LogP contribution is 2.55. The van der Waals surface area contributed by atoms with Gasteiger partial charge >= 0.3 is 20.9 Å². The molecule has 1 aromatic heterocycles. The van der Waals surface area contributed by atoms with E-state index >= 15 is 0 Å². The second-order valence-electron chi connectivity index (χ2n) is 5.45. The van der Waals surface area contributed by atoms with Gasteiger partial charge in [-0.05, 0) is 22.6 Å². The van der Waals surface area contributed by atoms with Gasteiger partial charge in [0.05, 0.1) is 10.2 Å². The number of nitrogens with two attached hydrogens (primary N) is 1. The van der Waals surface area contributed by atoms with Crippen LogP contribution in [0.1, 0.15) is 6.23 Å². The van der Waals surface area contributed by atoms with E-state index in [1.54, 1.807) is 22.6 Å². The fourth-order valence-corrected chi connectivity index (χ4v) is 5.19. The number of hydrogen-bond acceptors (Lipinski definition) is 9. The number of hydrogen-bond donors (Lipinski definition) is 6. The van der Waals surface area contributed by atoms with Gasteiger partial charge in [-0.2, -0.15) is 4.98 Å². The van der Waals surface area contributed by atoms with Crippen molar-refractivity contribution in [3.8, 4) is 0 Å². The summed E-state index contributed by atoms with van der Waals surface area (Å²) in [5.41, 5.74) is 4.64. The first-order valence-corrected chi connectivity index (χ1v) is 11.5. The van der Waals surface area contributed by atoms with Gasteiger partial charge in [0, 0.05) is 6.20 Å². The van der Waals surface area contributed by atoms with E-state index in [-0.39, 0.29) is 5.82 Å². The lowest BCUT2D eigenvalue weighted by Crippen LogP contribution is -2.36. The molecule has 1 aliphatic rings. The van der Waals surface area contributed by atoms with Gasteiger partial charge in [-0.15, -0.1) is 0 Å². The zero-order chi connectivity index (χ0) is 19.9. The lowest BCUT2D eigenvalue weighted by molar-refractivity contribution is -0.0524. The Hall–Kier alpha value is -0.410. The van der Waals surface area contributed by atoms with Crippen molar-refractivity contribution in [2.45, 2.75) is 24.5 Å². The monoisotopic (exact) mass is 527 g/mol. The third-order valence-electron chi connectivity index (χ3n) is 3.35. The third kappa shape index (κ3) is 5.32. The van der Waals surface area contributed by atoms with Crippen molar-refractivity contribution in [2.75, 3.05) is 18.2 Å². The van der Waals surface area contributed by atoms with Crippen molar-refractivity contribution < 1.29 is 43.3 Å². The summed E-state index contributed by atoms with van der Waals surface area (Å²) in [5.74, 6) is -1.44. The van der Waals surface area contributed by atoms with Crippen LogP contribution in [0.5, 0.6) is 0 Å². The molecule has 148 valence electrons. The molecule has 1 aliphatic heterocycles. The number of nitrogen functional groups attached to an aromatic ring is 1. The largest absolute Gasteiger partial charge is 0.387 e. The molecule has 16 heteroatoms. The Balaban J connectivity index is 2.13. The van der Waals surface area contributed by atoms with E-state index in [2.05, 4.69) is 9.51 Å². The molecule has 1 fully saturated rings. The fourth-order valence-electron chi connectivity index (χ4n) is 2.20. The average Bonchev–Trinajstić information content (AvgIpc) is 2.75. The summed E-state index contributed by atoms with van der Waals surface area (Å²) in [4.78, 5) is 42.3. The summed E-state index contributed by atoms with van der Waals surface area (Å²) in [5, 5.41) is 20.1. The first-order chi connectivity index (χ1) is 11.8.